The summed E-state index contributed by atoms with van der Waals surface area (Å²) in [7, 11) is 0. The number of nitrogens with one attached hydrogen (secondary N) is 2. The van der Waals surface area contributed by atoms with E-state index in [-0.39, 0.29) is 11.5 Å². The minimum Gasteiger partial charge on any atom is -0.332 e. The van der Waals surface area contributed by atoms with Gasteiger partial charge in [0.1, 0.15) is 0 Å². The molecular formula is C21H23N3O2S2. The van der Waals surface area contributed by atoms with E-state index in [2.05, 4.69) is 10.3 Å². The number of para-hydroxylation sites is 1. The van der Waals surface area contributed by atoms with Crippen molar-refractivity contribution in [3.63, 3.8) is 0 Å². The topological polar surface area (TPSA) is 66.9 Å². The lowest BCUT2D eigenvalue weighted by molar-refractivity contribution is -0.116. The highest BCUT2D eigenvalue weighted by Gasteiger charge is 2.06. The molecule has 2 aromatic carbocycles. The zero-order chi connectivity index (χ0) is 19.9. The van der Waals surface area contributed by atoms with Gasteiger partial charge in [-0.05, 0) is 61.6 Å². The summed E-state index contributed by atoms with van der Waals surface area (Å²) in [5.41, 5.74) is 1.52. The van der Waals surface area contributed by atoms with Crippen LogP contribution < -0.4 is 10.9 Å². The van der Waals surface area contributed by atoms with Crippen LogP contribution in [0.15, 0.2) is 58.2 Å². The Morgan fingerprint density at radius 2 is 1.96 bits per heavy atom. The lowest BCUT2D eigenvalue weighted by Gasteiger charge is -2.08. The van der Waals surface area contributed by atoms with Crippen molar-refractivity contribution in [1.82, 2.24) is 9.55 Å². The molecule has 7 heteroatoms. The smallest absolute Gasteiger partial charge is 0.262 e. The Bertz CT molecular complexity index is 1090. The van der Waals surface area contributed by atoms with Crippen LogP contribution in [0.1, 0.15) is 25.7 Å². The first kappa shape index (κ1) is 20.4. The van der Waals surface area contributed by atoms with Crippen LogP contribution in [0.25, 0.3) is 10.9 Å². The van der Waals surface area contributed by atoms with Gasteiger partial charge in [-0.15, -0.1) is 11.8 Å². The van der Waals surface area contributed by atoms with E-state index < -0.39 is 0 Å². The second kappa shape index (κ2) is 9.71. The van der Waals surface area contributed by atoms with Gasteiger partial charge in [0, 0.05) is 23.5 Å². The molecule has 0 aliphatic heterocycles. The van der Waals surface area contributed by atoms with Crippen LogP contribution in [0.3, 0.4) is 0 Å². The van der Waals surface area contributed by atoms with Crippen molar-refractivity contribution >= 4 is 46.5 Å². The Balaban J connectivity index is 1.48. The van der Waals surface area contributed by atoms with Crippen molar-refractivity contribution in [2.24, 2.45) is 0 Å². The van der Waals surface area contributed by atoms with E-state index in [0.29, 0.717) is 23.1 Å². The maximum absolute atomic E-state index is 12.6. The predicted octanol–water partition coefficient (Wildman–Crippen LogP) is 4.98. The molecule has 28 heavy (non-hydrogen) atoms. The van der Waals surface area contributed by atoms with Gasteiger partial charge in [-0.3, -0.25) is 14.2 Å². The summed E-state index contributed by atoms with van der Waals surface area (Å²) in [5, 5.41) is 3.58. The van der Waals surface area contributed by atoms with Gasteiger partial charge in [0.15, 0.2) is 4.77 Å². The Hall–Kier alpha value is -2.38. The number of aromatic nitrogens is 2. The standard InChI is InChI=1S/C21H23N3O2S2/c1-28-16-9-7-8-15(14-16)22-19(25)12-3-2-6-13-24-20(26)17-10-4-5-11-18(17)23-21(24)27/h4-5,7-11,14H,2-3,6,12-13H2,1H3,(H,22,25)(H,23,27). The molecule has 0 saturated heterocycles. The number of hydrogen-bond acceptors (Lipinski definition) is 4. The van der Waals surface area contributed by atoms with Gasteiger partial charge in [-0.2, -0.15) is 0 Å². The summed E-state index contributed by atoms with van der Waals surface area (Å²) in [5.74, 6) is 0.0124. The molecule has 3 aromatic rings. The first-order chi connectivity index (χ1) is 13.6. The zero-order valence-corrected chi connectivity index (χ0v) is 17.4. The molecule has 3 rings (SSSR count). The van der Waals surface area contributed by atoms with E-state index in [4.69, 9.17) is 12.2 Å². The number of nitrogens with zero attached hydrogens (tertiary/aromatic N) is 1. The number of thioether (sulfide) groups is 1. The number of carbonyl (C=O) groups is 1. The van der Waals surface area contributed by atoms with Crippen LogP contribution in [0.5, 0.6) is 0 Å². The molecule has 0 unspecified atom stereocenters. The van der Waals surface area contributed by atoms with E-state index in [1.54, 1.807) is 22.4 Å². The first-order valence-corrected chi connectivity index (χ1v) is 10.9. The third-order valence-corrected chi connectivity index (χ3v) is 5.58. The SMILES string of the molecule is CSc1cccc(NC(=O)CCCCCn2c(=S)[nH]c3ccccc3c2=O)c1. The molecule has 0 bridgehead atoms. The van der Waals surface area contributed by atoms with E-state index in [1.807, 2.05) is 48.7 Å². The summed E-state index contributed by atoms with van der Waals surface area (Å²) < 4.78 is 2.04. The van der Waals surface area contributed by atoms with Crippen LogP contribution in [0.4, 0.5) is 5.69 Å². The lowest BCUT2D eigenvalue weighted by atomic mass is 10.2. The maximum Gasteiger partial charge on any atom is 0.262 e. The molecule has 0 fully saturated rings. The molecule has 1 amide bonds. The number of carbonyl (C=O) groups excluding carboxylic acids is 1. The van der Waals surface area contributed by atoms with E-state index in [9.17, 15) is 9.59 Å². The summed E-state index contributed by atoms with van der Waals surface area (Å²) >= 11 is 6.97. The molecule has 0 radical (unpaired) electrons. The van der Waals surface area contributed by atoms with Gasteiger partial charge in [-0.1, -0.05) is 24.6 Å². The molecule has 0 atom stereocenters. The fourth-order valence-electron chi connectivity index (χ4n) is 3.06. The monoisotopic (exact) mass is 413 g/mol. The van der Waals surface area contributed by atoms with Gasteiger partial charge in [0.25, 0.3) is 5.56 Å². The highest BCUT2D eigenvalue weighted by Crippen LogP contribution is 2.19. The molecule has 0 aliphatic carbocycles. The minimum absolute atomic E-state index is 0.0124. The van der Waals surface area contributed by atoms with Crippen LogP contribution in [-0.4, -0.2) is 21.7 Å². The largest absolute Gasteiger partial charge is 0.332 e. The summed E-state index contributed by atoms with van der Waals surface area (Å²) in [4.78, 5) is 28.9. The quantitative estimate of drug-likeness (QED) is 0.310. The second-order valence-corrected chi connectivity index (χ2v) is 7.79. The number of benzene rings is 2. The second-order valence-electron chi connectivity index (χ2n) is 6.52. The zero-order valence-electron chi connectivity index (χ0n) is 15.7. The van der Waals surface area contributed by atoms with Crippen molar-refractivity contribution in [2.75, 3.05) is 11.6 Å². The van der Waals surface area contributed by atoms with Gasteiger partial charge < -0.3 is 10.3 Å². The Morgan fingerprint density at radius 1 is 1.14 bits per heavy atom. The molecule has 5 nitrogen and oxygen atoms in total. The Labute approximate surface area is 173 Å². The summed E-state index contributed by atoms with van der Waals surface area (Å²) in [6.45, 7) is 0.552. The number of amides is 1. The number of hydrogen-bond donors (Lipinski definition) is 2. The molecule has 0 saturated carbocycles. The normalized spacial score (nSPS) is 10.9. The molecule has 146 valence electrons. The van der Waals surface area contributed by atoms with Crippen molar-refractivity contribution in [3.8, 4) is 0 Å². The fourth-order valence-corrected chi connectivity index (χ4v) is 3.80. The number of aromatic amines is 1. The number of anilines is 1. The lowest BCUT2D eigenvalue weighted by Crippen LogP contribution is -2.22. The van der Waals surface area contributed by atoms with Gasteiger partial charge in [-0.25, -0.2) is 0 Å². The van der Waals surface area contributed by atoms with E-state index in [1.165, 1.54) is 0 Å². The highest BCUT2D eigenvalue weighted by molar-refractivity contribution is 7.98. The number of H-pyrrole nitrogens is 1. The average Bonchev–Trinajstić information content (AvgIpc) is 2.70. The highest BCUT2D eigenvalue weighted by atomic mass is 32.2. The fraction of sp³-hybridized carbons (Fsp3) is 0.286. The Kier molecular flexibility index (Phi) is 7.06. The number of fused-ring (bicyclic) bond motifs is 1. The Morgan fingerprint density at radius 3 is 2.79 bits per heavy atom. The van der Waals surface area contributed by atoms with E-state index in [0.717, 1.165) is 35.4 Å². The van der Waals surface area contributed by atoms with Crippen molar-refractivity contribution < 1.29 is 4.79 Å². The van der Waals surface area contributed by atoms with Crippen LogP contribution in [-0.2, 0) is 11.3 Å². The first-order valence-electron chi connectivity index (χ1n) is 9.24. The molecule has 0 spiro atoms. The molecule has 2 N–H and O–H groups in total. The predicted molar refractivity (Wildman–Crippen MR) is 119 cm³/mol. The van der Waals surface area contributed by atoms with Crippen LogP contribution >= 0.6 is 24.0 Å². The van der Waals surface area contributed by atoms with Gasteiger partial charge in [0.05, 0.1) is 10.9 Å². The average molecular weight is 414 g/mol. The maximum atomic E-state index is 12.6. The third-order valence-electron chi connectivity index (χ3n) is 4.53. The van der Waals surface area contributed by atoms with Crippen LogP contribution in [0, 0.1) is 4.77 Å². The van der Waals surface area contributed by atoms with Gasteiger partial charge >= 0.3 is 0 Å². The third kappa shape index (κ3) is 5.11. The van der Waals surface area contributed by atoms with Crippen molar-refractivity contribution in [1.29, 1.82) is 0 Å². The molecule has 1 aromatic heterocycles. The van der Waals surface area contributed by atoms with Crippen molar-refractivity contribution in [2.45, 2.75) is 37.1 Å². The summed E-state index contributed by atoms with van der Waals surface area (Å²) in [6.07, 6.45) is 4.89. The summed E-state index contributed by atoms with van der Waals surface area (Å²) in [6, 6.07) is 15.2. The minimum atomic E-state index is -0.0641. The van der Waals surface area contributed by atoms with Gasteiger partial charge in [0.2, 0.25) is 5.91 Å². The molecule has 0 aliphatic rings. The molecular weight excluding hydrogens is 390 g/mol. The van der Waals surface area contributed by atoms with Crippen molar-refractivity contribution in [3.05, 3.63) is 63.7 Å². The molecule has 1 heterocycles. The number of rotatable bonds is 8. The number of unbranched alkanes of at least 4 members (excludes halogenated alkanes) is 2. The van der Waals surface area contributed by atoms with E-state index >= 15 is 0 Å². The van der Waals surface area contributed by atoms with Crippen LogP contribution in [0.2, 0.25) is 0 Å².